The number of rotatable bonds is 22. The molecule has 318 valence electrons. The number of likely N-dealkylation sites (tertiary alicyclic amines) is 2. The fourth-order valence-electron chi connectivity index (χ4n) is 6.60. The van der Waals surface area contributed by atoms with Crippen LogP contribution in [0.15, 0.2) is 17.5 Å². The van der Waals surface area contributed by atoms with Gasteiger partial charge in [0.2, 0.25) is 35.4 Å². The number of aromatic amines is 1. The molecule has 0 unspecified atom stereocenters. The van der Waals surface area contributed by atoms with Gasteiger partial charge in [-0.1, -0.05) is 0 Å². The van der Waals surface area contributed by atoms with E-state index in [2.05, 4.69) is 36.2 Å². The number of carboxylic acid groups (broad SMARTS) is 1. The Morgan fingerprint density at radius 1 is 0.947 bits per heavy atom. The lowest BCUT2D eigenvalue weighted by Gasteiger charge is -2.33. The number of hydrogen-bond acceptors (Lipinski definition) is 13. The van der Waals surface area contributed by atoms with Gasteiger partial charge in [0.15, 0.2) is 12.0 Å². The normalized spacial score (nSPS) is 19.7. The summed E-state index contributed by atoms with van der Waals surface area (Å²) in [6, 6.07) is -8.64. The molecule has 8 atom stereocenters. The molecule has 3 heterocycles. The third kappa shape index (κ3) is 13.6. The molecule has 1 aromatic heterocycles. The van der Waals surface area contributed by atoms with Gasteiger partial charge in [0, 0.05) is 37.9 Å². The van der Waals surface area contributed by atoms with E-state index in [1.807, 2.05) is 6.26 Å². The van der Waals surface area contributed by atoms with Gasteiger partial charge in [-0.25, -0.2) is 9.78 Å². The van der Waals surface area contributed by atoms with E-state index < -0.39 is 96.4 Å². The van der Waals surface area contributed by atoms with Crippen LogP contribution >= 0.6 is 11.8 Å². The molecular weight excluding hydrogens is 769 g/mol. The number of aliphatic imine (C=N–C) groups is 1. The maximum atomic E-state index is 14.2. The van der Waals surface area contributed by atoms with Gasteiger partial charge >= 0.3 is 5.97 Å². The Bertz CT molecular complexity index is 1580. The first kappa shape index (κ1) is 46.4. The van der Waals surface area contributed by atoms with Crippen LogP contribution in [-0.4, -0.2) is 169 Å². The molecule has 23 heteroatoms. The number of nitrogens with two attached hydrogens (primary N) is 3. The van der Waals surface area contributed by atoms with E-state index in [9.17, 15) is 48.9 Å². The molecule has 0 radical (unpaired) electrons. The van der Waals surface area contributed by atoms with Gasteiger partial charge < -0.3 is 68.6 Å². The van der Waals surface area contributed by atoms with E-state index in [0.29, 0.717) is 30.7 Å². The van der Waals surface area contributed by atoms with E-state index in [-0.39, 0.29) is 57.7 Å². The molecule has 2 saturated heterocycles. The van der Waals surface area contributed by atoms with Crippen LogP contribution in [0.4, 0.5) is 0 Å². The zero-order valence-electron chi connectivity index (χ0n) is 32.1. The van der Waals surface area contributed by atoms with Gasteiger partial charge in [-0.2, -0.15) is 11.8 Å². The first-order chi connectivity index (χ1) is 27.1. The second-order valence-corrected chi connectivity index (χ2v) is 14.9. The molecule has 2 fully saturated rings. The Morgan fingerprint density at radius 3 is 2.18 bits per heavy atom. The zero-order valence-corrected chi connectivity index (χ0v) is 32.9. The van der Waals surface area contributed by atoms with E-state index in [1.165, 1.54) is 41.0 Å². The third-order valence-corrected chi connectivity index (χ3v) is 10.3. The van der Waals surface area contributed by atoms with Crippen LogP contribution in [0.5, 0.6) is 0 Å². The van der Waals surface area contributed by atoms with E-state index in [1.54, 1.807) is 0 Å². The minimum atomic E-state index is -1.59. The van der Waals surface area contributed by atoms with Crippen molar-refractivity contribution in [1.29, 1.82) is 0 Å². The number of nitrogens with zero attached hydrogens (tertiary/aromatic N) is 4. The molecule has 6 amide bonds. The first-order valence-electron chi connectivity index (χ1n) is 18.7. The third-order valence-electron chi connectivity index (χ3n) is 9.66. The summed E-state index contributed by atoms with van der Waals surface area (Å²) in [5.41, 5.74) is 17.4. The summed E-state index contributed by atoms with van der Waals surface area (Å²) in [5.74, 6) is -5.31. The Morgan fingerprint density at radius 2 is 1.58 bits per heavy atom. The molecule has 0 spiro atoms. The Balaban J connectivity index is 1.78. The number of hydrogen-bond donors (Lipinski definition) is 11. The number of imidazole rings is 1. The predicted molar refractivity (Wildman–Crippen MR) is 207 cm³/mol. The Kier molecular flexibility index (Phi) is 18.4. The van der Waals surface area contributed by atoms with Gasteiger partial charge in [-0.15, -0.1) is 0 Å². The zero-order chi connectivity index (χ0) is 42.2. The van der Waals surface area contributed by atoms with Gasteiger partial charge in [0.25, 0.3) is 0 Å². The fraction of sp³-hybridized carbons (Fsp3) is 0.676. The number of guanidine groups is 1. The fourth-order valence-corrected chi connectivity index (χ4v) is 7.09. The van der Waals surface area contributed by atoms with Crippen molar-refractivity contribution >= 4 is 59.1 Å². The number of H-pyrrole nitrogens is 1. The monoisotopic (exact) mass is 824 g/mol. The molecule has 1 aromatic rings. The number of thioether (sulfide) groups is 1. The summed E-state index contributed by atoms with van der Waals surface area (Å²) in [6.07, 6.45) is 5.12. The highest BCUT2D eigenvalue weighted by atomic mass is 32.2. The number of carboxylic acids is 1. The van der Waals surface area contributed by atoms with Crippen LogP contribution < -0.4 is 38.5 Å². The average molecular weight is 825 g/mol. The van der Waals surface area contributed by atoms with Crippen LogP contribution in [0.25, 0.3) is 0 Å². The largest absolute Gasteiger partial charge is 0.480 e. The molecule has 2 aliphatic rings. The molecule has 57 heavy (non-hydrogen) atoms. The van der Waals surface area contributed by atoms with E-state index in [4.69, 9.17) is 17.2 Å². The molecule has 0 aromatic carbocycles. The average Bonchev–Trinajstić information content (AvgIpc) is 3.98. The summed E-state index contributed by atoms with van der Waals surface area (Å²) < 4.78 is 0. The molecule has 3 rings (SSSR count). The minimum Gasteiger partial charge on any atom is -0.480 e. The second-order valence-electron chi connectivity index (χ2n) is 13.9. The quantitative estimate of drug-likeness (QED) is 0.0298. The molecular formula is C34H56N12O10S. The van der Waals surface area contributed by atoms with Gasteiger partial charge in [0.05, 0.1) is 25.1 Å². The van der Waals surface area contributed by atoms with Crippen molar-refractivity contribution in [3.8, 4) is 0 Å². The van der Waals surface area contributed by atoms with Crippen molar-refractivity contribution < 1.29 is 48.9 Å². The number of aliphatic carboxylic acids is 1. The van der Waals surface area contributed by atoms with Crippen LogP contribution in [0, 0.1) is 0 Å². The van der Waals surface area contributed by atoms with Crippen molar-refractivity contribution in [3.05, 3.63) is 18.2 Å². The van der Waals surface area contributed by atoms with Crippen molar-refractivity contribution in [3.63, 3.8) is 0 Å². The summed E-state index contributed by atoms with van der Waals surface area (Å²) in [5, 5.41) is 39.4. The number of carbonyl (C=O) groups is 7. The number of aliphatic hydroxyl groups is 2. The second kappa shape index (κ2) is 22.7. The van der Waals surface area contributed by atoms with Crippen LogP contribution in [0.2, 0.25) is 0 Å². The number of amides is 6. The van der Waals surface area contributed by atoms with E-state index >= 15 is 0 Å². The van der Waals surface area contributed by atoms with Gasteiger partial charge in [-0.3, -0.25) is 33.8 Å². The van der Waals surface area contributed by atoms with Crippen LogP contribution in [0.3, 0.4) is 0 Å². The SMILES string of the molecule is CSCC[C@H](N)C(=O)N[C@@H](Cc1cnc[nH]1)C(=O)N[C@@H](CO)C(=O)N[C@@H](CCCN=C(N)N)C(=O)N1CCC[C@H]1C(=O)N1CCC[C@H]1C(=O)N[C@H](C(=O)O)[C@@H](C)O. The molecule has 22 nitrogen and oxygen atoms in total. The summed E-state index contributed by atoms with van der Waals surface area (Å²) in [6.45, 7) is 0.729. The lowest BCUT2D eigenvalue weighted by molar-refractivity contribution is -0.149. The molecule has 0 bridgehead atoms. The topological polar surface area (TPSA) is 354 Å². The minimum absolute atomic E-state index is 0.0119. The molecule has 2 aliphatic heterocycles. The van der Waals surface area contributed by atoms with Crippen molar-refractivity contribution in [1.82, 2.24) is 41.0 Å². The number of carbonyl (C=O) groups excluding carboxylic acids is 6. The van der Waals surface area contributed by atoms with Gasteiger partial charge in [-0.05, 0) is 63.9 Å². The van der Waals surface area contributed by atoms with Crippen molar-refractivity contribution in [2.45, 2.75) is 107 Å². The first-order valence-corrected chi connectivity index (χ1v) is 20.1. The maximum Gasteiger partial charge on any atom is 0.328 e. The van der Waals surface area contributed by atoms with E-state index in [0.717, 1.165) is 0 Å². The van der Waals surface area contributed by atoms with Crippen molar-refractivity contribution in [2.75, 3.05) is 38.2 Å². The summed E-state index contributed by atoms with van der Waals surface area (Å²) in [7, 11) is 0. The highest BCUT2D eigenvalue weighted by molar-refractivity contribution is 7.98. The summed E-state index contributed by atoms with van der Waals surface area (Å²) >= 11 is 1.50. The van der Waals surface area contributed by atoms with Crippen LogP contribution in [-0.2, 0) is 40.0 Å². The molecule has 0 aliphatic carbocycles. The highest BCUT2D eigenvalue weighted by Gasteiger charge is 2.44. The predicted octanol–water partition coefficient (Wildman–Crippen LogP) is -4.53. The number of nitrogens with one attached hydrogen (secondary N) is 5. The lowest BCUT2D eigenvalue weighted by atomic mass is 10.1. The lowest BCUT2D eigenvalue weighted by Crippen LogP contribution is -2.60. The number of aliphatic hydroxyl groups excluding tert-OH is 2. The Hall–Kier alpha value is -5.00. The smallest absolute Gasteiger partial charge is 0.328 e. The maximum absolute atomic E-state index is 14.2. The van der Waals surface area contributed by atoms with Gasteiger partial charge in [0.1, 0.15) is 30.2 Å². The highest BCUT2D eigenvalue weighted by Crippen LogP contribution is 2.26. The Labute approximate surface area is 333 Å². The van der Waals surface area contributed by atoms with Crippen molar-refractivity contribution in [2.24, 2.45) is 22.2 Å². The molecule has 14 N–H and O–H groups in total. The standard InChI is InChI=1S/C34H56N12O10S/c1-18(48)26(33(55)56)44-30(52)24-7-4-11-45(24)32(54)25-8-5-12-46(25)31(53)21(6-3-10-39-34(36)37)41-29(51)23(16-47)43-28(50)22(14-19-15-38-17-40-19)42-27(49)20(35)9-13-57-2/h15,17-18,20-26,47-48H,3-14,16,35H2,1-2H3,(H,38,40)(H,41,51)(H,42,49)(H,43,50)(H,44,52)(H,55,56)(H4,36,37,39)/t18-,20+,21+,22+,23+,24+,25+,26+/m1/s1. The number of aromatic nitrogens is 2. The van der Waals surface area contributed by atoms with Crippen LogP contribution in [0.1, 0.15) is 57.6 Å². The summed E-state index contributed by atoms with van der Waals surface area (Å²) in [4.78, 5) is 106. The molecule has 0 saturated carbocycles.